The molecule has 1 aromatic heterocycles. The van der Waals surface area contributed by atoms with Crippen LogP contribution < -0.4 is 22.1 Å². The summed E-state index contributed by atoms with van der Waals surface area (Å²) in [5.41, 5.74) is 12.4. The third-order valence-corrected chi connectivity index (χ3v) is 5.77. The van der Waals surface area contributed by atoms with Crippen LogP contribution >= 0.6 is 11.8 Å². The highest BCUT2D eigenvalue weighted by molar-refractivity contribution is 7.99. The topological polar surface area (TPSA) is 153 Å². The number of anilines is 2. The number of halogens is 1. The van der Waals surface area contributed by atoms with Crippen molar-refractivity contribution in [2.24, 2.45) is 5.73 Å². The lowest BCUT2D eigenvalue weighted by molar-refractivity contribution is -0.116. The molecule has 2 heterocycles. The first kappa shape index (κ1) is 21.2. The van der Waals surface area contributed by atoms with Gasteiger partial charge in [-0.25, -0.2) is 14.4 Å². The number of carbonyl (C=O) groups is 3. The lowest BCUT2D eigenvalue weighted by Crippen LogP contribution is -2.32. The number of hydrogen-bond donors (Lipinski definition) is 4. The number of hydrogen-bond acceptors (Lipinski definition) is 7. The highest BCUT2D eigenvalue weighted by atomic mass is 32.2. The number of amides is 3. The molecule has 9 nitrogen and oxygen atoms in total. The number of nitrogens with zero attached hydrogens (tertiary/aromatic N) is 2. The average molecular weight is 452 g/mol. The van der Waals surface area contributed by atoms with Gasteiger partial charge in [-0.1, -0.05) is 23.9 Å². The van der Waals surface area contributed by atoms with Gasteiger partial charge in [0.2, 0.25) is 11.8 Å². The summed E-state index contributed by atoms with van der Waals surface area (Å²) in [7, 11) is 0. The molecule has 4 rings (SSSR count). The Labute approximate surface area is 185 Å². The van der Waals surface area contributed by atoms with Crippen molar-refractivity contribution in [2.75, 3.05) is 17.6 Å². The van der Waals surface area contributed by atoms with E-state index in [0.717, 1.165) is 11.8 Å². The molecule has 2 aromatic carbocycles. The summed E-state index contributed by atoms with van der Waals surface area (Å²) in [5.74, 6) is -2.92. The van der Waals surface area contributed by atoms with Crippen molar-refractivity contribution in [1.29, 1.82) is 0 Å². The zero-order valence-electron chi connectivity index (χ0n) is 16.5. The van der Waals surface area contributed by atoms with Gasteiger partial charge in [0.05, 0.1) is 17.7 Å². The molecule has 0 aliphatic carbocycles. The van der Waals surface area contributed by atoms with E-state index in [2.05, 4.69) is 20.6 Å². The number of nitrogens with two attached hydrogens (primary N) is 2. The minimum atomic E-state index is -0.751. The maximum atomic E-state index is 13.6. The van der Waals surface area contributed by atoms with Crippen LogP contribution in [0, 0.1) is 5.82 Å². The fourth-order valence-corrected chi connectivity index (χ4v) is 4.14. The quantitative estimate of drug-likeness (QED) is 0.446. The molecule has 1 unspecified atom stereocenters. The molecule has 0 bridgehead atoms. The normalized spacial score (nSPS) is 14.5. The van der Waals surface area contributed by atoms with Crippen LogP contribution in [-0.2, 0) is 4.79 Å². The number of primary amides is 1. The van der Waals surface area contributed by atoms with E-state index in [4.69, 9.17) is 11.5 Å². The Bertz CT molecular complexity index is 1250. The SMILES string of the molecule is NC(=O)c1ccccc1Sc1cnc(N)c(C(=O)NCC2C(=O)Nc3ccc(F)cc32)n1. The third-order valence-electron chi connectivity index (χ3n) is 4.79. The predicted molar refractivity (Wildman–Crippen MR) is 116 cm³/mol. The van der Waals surface area contributed by atoms with Crippen molar-refractivity contribution in [1.82, 2.24) is 15.3 Å². The predicted octanol–water partition coefficient (Wildman–Crippen LogP) is 1.91. The second-order valence-corrected chi connectivity index (χ2v) is 7.95. The fraction of sp³-hybridized carbons (Fsp3) is 0.0952. The summed E-state index contributed by atoms with van der Waals surface area (Å²) in [5, 5.41) is 5.58. The smallest absolute Gasteiger partial charge is 0.273 e. The number of aromatic nitrogens is 2. The second kappa shape index (κ2) is 8.63. The number of rotatable bonds is 6. The molecule has 0 saturated heterocycles. The summed E-state index contributed by atoms with van der Waals surface area (Å²) in [6, 6.07) is 10.7. The fourth-order valence-electron chi connectivity index (χ4n) is 3.25. The van der Waals surface area contributed by atoms with Crippen LogP contribution in [0.5, 0.6) is 0 Å². The first-order valence-electron chi connectivity index (χ1n) is 9.41. The third kappa shape index (κ3) is 4.23. The molecule has 1 aliphatic heterocycles. The van der Waals surface area contributed by atoms with E-state index in [-0.39, 0.29) is 24.0 Å². The van der Waals surface area contributed by atoms with Crippen LogP contribution in [0.2, 0.25) is 0 Å². The molecular weight excluding hydrogens is 435 g/mol. The molecular formula is C21H17FN6O3S. The van der Waals surface area contributed by atoms with Crippen molar-refractivity contribution < 1.29 is 18.8 Å². The summed E-state index contributed by atoms with van der Waals surface area (Å²) in [6.45, 7) is -0.0792. The van der Waals surface area contributed by atoms with Gasteiger partial charge in [0.1, 0.15) is 10.8 Å². The van der Waals surface area contributed by atoms with E-state index in [1.165, 1.54) is 24.4 Å². The van der Waals surface area contributed by atoms with Crippen molar-refractivity contribution in [3.05, 3.63) is 71.3 Å². The van der Waals surface area contributed by atoms with Gasteiger partial charge in [0.15, 0.2) is 11.5 Å². The molecule has 162 valence electrons. The minimum Gasteiger partial charge on any atom is -0.382 e. The first-order chi connectivity index (χ1) is 15.3. The van der Waals surface area contributed by atoms with Gasteiger partial charge >= 0.3 is 0 Å². The van der Waals surface area contributed by atoms with Crippen molar-refractivity contribution >= 4 is 41.0 Å². The van der Waals surface area contributed by atoms with Gasteiger partial charge in [-0.2, -0.15) is 0 Å². The highest BCUT2D eigenvalue weighted by Gasteiger charge is 2.31. The number of nitrogens with one attached hydrogen (secondary N) is 2. The van der Waals surface area contributed by atoms with Crippen LogP contribution in [0.3, 0.4) is 0 Å². The van der Waals surface area contributed by atoms with E-state index >= 15 is 0 Å². The second-order valence-electron chi connectivity index (χ2n) is 6.89. The van der Waals surface area contributed by atoms with Crippen molar-refractivity contribution in [3.63, 3.8) is 0 Å². The van der Waals surface area contributed by atoms with E-state index in [0.29, 0.717) is 26.7 Å². The highest BCUT2D eigenvalue weighted by Crippen LogP contribution is 2.33. The maximum absolute atomic E-state index is 13.6. The Morgan fingerprint density at radius 1 is 1.22 bits per heavy atom. The molecule has 32 heavy (non-hydrogen) atoms. The van der Waals surface area contributed by atoms with Gasteiger partial charge in [-0.05, 0) is 35.9 Å². The largest absolute Gasteiger partial charge is 0.382 e. The summed E-state index contributed by atoms with van der Waals surface area (Å²) < 4.78 is 13.6. The molecule has 1 atom stereocenters. The van der Waals surface area contributed by atoms with Crippen molar-refractivity contribution in [3.8, 4) is 0 Å². The number of benzene rings is 2. The molecule has 3 amide bonds. The van der Waals surface area contributed by atoms with E-state index < -0.39 is 23.5 Å². The maximum Gasteiger partial charge on any atom is 0.273 e. The Balaban J connectivity index is 1.51. The first-order valence-corrected chi connectivity index (χ1v) is 10.2. The zero-order chi connectivity index (χ0) is 22.8. The van der Waals surface area contributed by atoms with Gasteiger partial charge in [-0.15, -0.1) is 0 Å². The Hall–Kier alpha value is -3.99. The van der Waals surface area contributed by atoms with E-state index in [1.54, 1.807) is 24.3 Å². The van der Waals surface area contributed by atoms with Crippen LogP contribution in [0.1, 0.15) is 32.3 Å². The molecule has 0 radical (unpaired) electrons. The minimum absolute atomic E-state index is 0.0792. The number of nitrogen functional groups attached to an aromatic ring is 1. The Morgan fingerprint density at radius 3 is 2.78 bits per heavy atom. The standard InChI is InChI=1S/C21H17FN6O3S/c22-10-5-6-14-12(7-10)13(20(30)27-14)8-26-21(31)17-18(23)25-9-16(28-17)32-15-4-2-1-3-11(15)19(24)29/h1-7,9,13H,8H2,(H2,23,25)(H2,24,29)(H,26,31)(H,27,30). The summed E-state index contributed by atoms with van der Waals surface area (Å²) >= 11 is 1.10. The van der Waals surface area contributed by atoms with Crippen LogP contribution in [0.25, 0.3) is 0 Å². The Morgan fingerprint density at radius 2 is 2.00 bits per heavy atom. The molecule has 0 spiro atoms. The molecule has 11 heteroatoms. The lowest BCUT2D eigenvalue weighted by Gasteiger charge is -2.12. The average Bonchev–Trinajstić information content (AvgIpc) is 3.07. The van der Waals surface area contributed by atoms with Gasteiger partial charge in [-0.3, -0.25) is 14.4 Å². The molecule has 0 fully saturated rings. The number of fused-ring (bicyclic) bond motifs is 1. The lowest BCUT2D eigenvalue weighted by atomic mass is 10.0. The van der Waals surface area contributed by atoms with E-state index in [1.807, 2.05) is 0 Å². The van der Waals surface area contributed by atoms with Gasteiger partial charge in [0, 0.05) is 17.1 Å². The van der Waals surface area contributed by atoms with Gasteiger partial charge < -0.3 is 22.1 Å². The molecule has 3 aromatic rings. The molecule has 0 saturated carbocycles. The summed E-state index contributed by atoms with van der Waals surface area (Å²) in [4.78, 5) is 45.3. The monoisotopic (exact) mass is 452 g/mol. The zero-order valence-corrected chi connectivity index (χ0v) is 17.3. The summed E-state index contributed by atoms with van der Waals surface area (Å²) in [6.07, 6.45) is 1.37. The number of carbonyl (C=O) groups excluding carboxylic acids is 3. The molecule has 1 aliphatic rings. The van der Waals surface area contributed by atoms with Crippen LogP contribution in [0.4, 0.5) is 15.9 Å². The van der Waals surface area contributed by atoms with Crippen molar-refractivity contribution in [2.45, 2.75) is 15.8 Å². The Kier molecular flexibility index (Phi) is 5.73. The van der Waals surface area contributed by atoms with Gasteiger partial charge in [0.25, 0.3) is 5.91 Å². The van der Waals surface area contributed by atoms with Crippen LogP contribution in [0.15, 0.2) is 58.6 Å². The van der Waals surface area contributed by atoms with E-state index in [9.17, 15) is 18.8 Å². The van der Waals surface area contributed by atoms with Crippen LogP contribution in [-0.4, -0.2) is 34.2 Å². The molecule has 6 N–H and O–H groups in total.